The molecule has 2 bridgehead atoms. The quantitative estimate of drug-likeness (QED) is 0.484. The molecule has 4 aliphatic rings. The van der Waals surface area contributed by atoms with Gasteiger partial charge >= 0.3 is 6.18 Å². The molecule has 4 rings (SSSR count). The van der Waals surface area contributed by atoms with Gasteiger partial charge in [-0.15, -0.1) is 6.58 Å². The van der Waals surface area contributed by atoms with Gasteiger partial charge in [-0.25, -0.2) is 0 Å². The first-order valence-electron chi connectivity index (χ1n) is 9.67. The molecule has 3 aliphatic heterocycles. The maximum Gasteiger partial charge on any atom is 0.448 e. The van der Waals surface area contributed by atoms with Crippen LogP contribution < -0.4 is 0 Å². The first-order valence-corrected chi connectivity index (χ1v) is 9.67. The van der Waals surface area contributed by atoms with Crippen LogP contribution in [0.25, 0.3) is 0 Å². The number of hydrogen-bond donors (Lipinski definition) is 0. The SMILES string of the molecule is C=CCCCC1=C(C(F)(F)F)O[C@@H]2O[C@]3(C)CCC4[C@H](C)CC[C@@H]1[C@]42O3. The first-order chi connectivity index (χ1) is 12.2. The van der Waals surface area contributed by atoms with Crippen LogP contribution in [0.3, 0.4) is 0 Å². The molecule has 1 spiro atoms. The molecule has 0 aromatic heterocycles. The number of allylic oxidation sites excluding steroid dienone is 2. The molecule has 6 atom stereocenters. The van der Waals surface area contributed by atoms with Crippen molar-refractivity contribution in [3.05, 3.63) is 24.0 Å². The van der Waals surface area contributed by atoms with Gasteiger partial charge in [-0.3, -0.25) is 0 Å². The third-order valence-corrected chi connectivity index (χ3v) is 6.80. The Balaban J connectivity index is 1.80. The van der Waals surface area contributed by atoms with E-state index in [2.05, 4.69) is 13.5 Å². The van der Waals surface area contributed by atoms with E-state index in [4.69, 9.17) is 14.2 Å². The van der Waals surface area contributed by atoms with Crippen molar-refractivity contribution in [1.29, 1.82) is 0 Å². The van der Waals surface area contributed by atoms with Gasteiger partial charge in [-0.2, -0.15) is 13.2 Å². The van der Waals surface area contributed by atoms with Gasteiger partial charge in [-0.1, -0.05) is 13.0 Å². The summed E-state index contributed by atoms with van der Waals surface area (Å²) in [5.74, 6) is -1.40. The maximum absolute atomic E-state index is 13.8. The highest BCUT2D eigenvalue weighted by Gasteiger charge is 2.72. The van der Waals surface area contributed by atoms with Crippen LogP contribution >= 0.6 is 0 Å². The number of unbranched alkanes of at least 4 members (excludes halogenated alkanes) is 1. The third kappa shape index (κ3) is 2.55. The van der Waals surface area contributed by atoms with Crippen molar-refractivity contribution >= 4 is 0 Å². The predicted molar refractivity (Wildman–Crippen MR) is 89.9 cm³/mol. The molecule has 0 amide bonds. The summed E-state index contributed by atoms with van der Waals surface area (Å²) in [5.41, 5.74) is -0.398. The van der Waals surface area contributed by atoms with E-state index in [1.54, 1.807) is 6.08 Å². The molecular formula is C20H27F3O3. The van der Waals surface area contributed by atoms with Crippen molar-refractivity contribution < 1.29 is 27.4 Å². The Bertz CT molecular complexity index is 628. The summed E-state index contributed by atoms with van der Waals surface area (Å²) in [6.45, 7) is 7.69. The number of alkyl halides is 3. The van der Waals surface area contributed by atoms with E-state index in [0.29, 0.717) is 43.6 Å². The van der Waals surface area contributed by atoms with Crippen LogP contribution in [0.4, 0.5) is 13.2 Å². The van der Waals surface area contributed by atoms with E-state index in [9.17, 15) is 13.2 Å². The summed E-state index contributed by atoms with van der Waals surface area (Å²) < 4.78 is 59.3. The standard InChI is InChI=1S/C20H27F3O3/c1-4-5-6-7-13-15-9-8-12(2)14-10-11-18(3)25-17(19(14,15)26-18)24-16(13)20(21,22)23/h4,12,14-15,17H,1,5-11H2,2-3H3/t12-,14?,15+,17-,18+,19-/m1/s1. The van der Waals surface area contributed by atoms with Gasteiger partial charge in [0.25, 0.3) is 0 Å². The molecule has 3 nitrogen and oxygen atoms in total. The largest absolute Gasteiger partial charge is 0.456 e. The molecule has 6 heteroatoms. The van der Waals surface area contributed by atoms with E-state index in [0.717, 1.165) is 12.8 Å². The molecule has 2 saturated heterocycles. The topological polar surface area (TPSA) is 27.7 Å². The van der Waals surface area contributed by atoms with Crippen molar-refractivity contribution in [3.8, 4) is 0 Å². The Morgan fingerprint density at radius 2 is 2.04 bits per heavy atom. The van der Waals surface area contributed by atoms with Crippen molar-refractivity contribution in [2.45, 2.75) is 82.6 Å². The summed E-state index contributed by atoms with van der Waals surface area (Å²) in [4.78, 5) is 0. The van der Waals surface area contributed by atoms with Gasteiger partial charge < -0.3 is 14.2 Å². The van der Waals surface area contributed by atoms with Crippen LogP contribution in [-0.2, 0) is 14.2 Å². The number of halogens is 3. The summed E-state index contributed by atoms with van der Waals surface area (Å²) in [6, 6.07) is 0. The van der Waals surface area contributed by atoms with Gasteiger partial charge in [0, 0.05) is 12.3 Å². The Hall–Kier alpha value is -1.01. The lowest BCUT2D eigenvalue weighted by Gasteiger charge is -2.55. The molecule has 0 radical (unpaired) electrons. The van der Waals surface area contributed by atoms with Crippen molar-refractivity contribution in [1.82, 2.24) is 0 Å². The lowest BCUT2D eigenvalue weighted by atomic mass is 9.58. The minimum atomic E-state index is -4.51. The summed E-state index contributed by atoms with van der Waals surface area (Å²) in [5, 5.41) is 0. The molecule has 3 fully saturated rings. The van der Waals surface area contributed by atoms with Gasteiger partial charge in [0.15, 0.2) is 5.79 Å². The monoisotopic (exact) mass is 372 g/mol. The fourth-order valence-corrected chi connectivity index (χ4v) is 5.72. The minimum absolute atomic E-state index is 0.172. The van der Waals surface area contributed by atoms with Crippen LogP contribution in [-0.4, -0.2) is 23.9 Å². The number of fused-ring (bicyclic) bond motifs is 1. The van der Waals surface area contributed by atoms with E-state index < -0.39 is 29.6 Å². The second-order valence-corrected chi connectivity index (χ2v) is 8.44. The van der Waals surface area contributed by atoms with E-state index in [-0.39, 0.29) is 11.8 Å². The highest BCUT2D eigenvalue weighted by atomic mass is 19.4. The van der Waals surface area contributed by atoms with Crippen LogP contribution in [0.15, 0.2) is 24.0 Å². The van der Waals surface area contributed by atoms with Crippen LogP contribution in [0.5, 0.6) is 0 Å². The average Bonchev–Trinajstić information content (AvgIpc) is 2.78. The molecule has 0 aromatic rings. The van der Waals surface area contributed by atoms with Crippen LogP contribution in [0, 0.1) is 17.8 Å². The molecule has 3 heterocycles. The molecule has 1 aliphatic carbocycles. The Morgan fingerprint density at radius 3 is 2.73 bits per heavy atom. The Kier molecular flexibility index (Phi) is 4.23. The predicted octanol–water partition coefficient (Wildman–Crippen LogP) is 5.47. The lowest BCUT2D eigenvalue weighted by molar-refractivity contribution is -0.249. The number of rotatable bonds is 4. The number of ether oxygens (including phenoxy) is 3. The van der Waals surface area contributed by atoms with Gasteiger partial charge in [0.05, 0.1) is 0 Å². The zero-order valence-electron chi connectivity index (χ0n) is 15.4. The van der Waals surface area contributed by atoms with E-state index in [1.165, 1.54) is 0 Å². The molecule has 26 heavy (non-hydrogen) atoms. The van der Waals surface area contributed by atoms with Crippen LogP contribution in [0.1, 0.15) is 58.8 Å². The fraction of sp³-hybridized carbons (Fsp3) is 0.800. The number of hydrogen-bond acceptors (Lipinski definition) is 3. The third-order valence-electron chi connectivity index (χ3n) is 6.80. The summed E-state index contributed by atoms with van der Waals surface area (Å²) in [6.07, 6.45) is 1.18. The summed E-state index contributed by atoms with van der Waals surface area (Å²) >= 11 is 0. The van der Waals surface area contributed by atoms with Crippen LogP contribution in [0.2, 0.25) is 0 Å². The van der Waals surface area contributed by atoms with Gasteiger partial charge in [0.2, 0.25) is 12.0 Å². The van der Waals surface area contributed by atoms with Crippen molar-refractivity contribution in [2.24, 2.45) is 17.8 Å². The van der Waals surface area contributed by atoms with Gasteiger partial charge in [0.1, 0.15) is 5.60 Å². The molecule has 1 unspecified atom stereocenters. The molecule has 0 N–H and O–H groups in total. The smallest absolute Gasteiger partial charge is 0.448 e. The molecular weight excluding hydrogens is 345 g/mol. The van der Waals surface area contributed by atoms with Crippen molar-refractivity contribution in [3.63, 3.8) is 0 Å². The summed E-state index contributed by atoms with van der Waals surface area (Å²) in [7, 11) is 0. The Morgan fingerprint density at radius 1 is 1.27 bits per heavy atom. The van der Waals surface area contributed by atoms with Crippen molar-refractivity contribution in [2.75, 3.05) is 0 Å². The first kappa shape index (κ1) is 18.4. The Labute approximate surface area is 152 Å². The highest BCUT2D eigenvalue weighted by Crippen LogP contribution is 2.64. The average molecular weight is 372 g/mol. The highest BCUT2D eigenvalue weighted by molar-refractivity contribution is 5.29. The zero-order valence-corrected chi connectivity index (χ0v) is 15.4. The van der Waals surface area contributed by atoms with Gasteiger partial charge in [-0.05, 0) is 62.9 Å². The second-order valence-electron chi connectivity index (χ2n) is 8.44. The van der Waals surface area contributed by atoms with E-state index in [1.807, 2.05) is 6.92 Å². The zero-order chi connectivity index (χ0) is 18.7. The molecule has 0 aromatic carbocycles. The normalized spacial score (nSPS) is 44.5. The van der Waals surface area contributed by atoms with E-state index >= 15 is 0 Å². The molecule has 1 saturated carbocycles. The fourth-order valence-electron chi connectivity index (χ4n) is 5.72. The second kappa shape index (κ2) is 5.99. The lowest BCUT2D eigenvalue weighted by Crippen LogP contribution is -2.62. The maximum atomic E-state index is 13.8. The molecule has 146 valence electrons. The minimum Gasteiger partial charge on any atom is -0.456 e.